The van der Waals surface area contributed by atoms with Gasteiger partial charge in [0.05, 0.1) is 6.67 Å². The molecule has 1 heterocycles. The van der Waals surface area contributed by atoms with E-state index in [4.69, 9.17) is 0 Å². The summed E-state index contributed by atoms with van der Waals surface area (Å²) in [7, 11) is 0. The zero-order chi connectivity index (χ0) is 18.4. The summed E-state index contributed by atoms with van der Waals surface area (Å²) < 4.78 is 0. The average Bonchev–Trinajstić information content (AvgIpc) is 3.39. The third kappa shape index (κ3) is 2.92. The van der Waals surface area contributed by atoms with E-state index in [1.54, 1.807) is 4.90 Å². The molecule has 0 spiro atoms. The summed E-state index contributed by atoms with van der Waals surface area (Å²) in [4.78, 5) is 31.0. The molecule has 5 rings (SSSR count). The Morgan fingerprint density at radius 1 is 0.926 bits per heavy atom. The van der Waals surface area contributed by atoms with Crippen LogP contribution in [0.5, 0.6) is 0 Å². The molecule has 0 N–H and O–H groups in total. The molecule has 2 fully saturated rings. The number of carbonyl (C=O) groups is 2. The van der Waals surface area contributed by atoms with Crippen molar-refractivity contribution in [3.05, 3.63) is 65.7 Å². The standard InChI is InChI=1S/C22H23N3O2/c26-21-14-23(17-7-2-1-3-8-17)22(27)25(21)15-24(18-11-12-18)20-13-10-16-6-4-5-9-19(16)20/h1-9,18,20H,10-15H2. The highest BCUT2D eigenvalue weighted by Gasteiger charge is 2.43. The van der Waals surface area contributed by atoms with Crippen molar-refractivity contribution in [2.45, 2.75) is 37.8 Å². The largest absolute Gasteiger partial charge is 0.332 e. The van der Waals surface area contributed by atoms with E-state index in [1.807, 2.05) is 30.3 Å². The highest BCUT2D eigenvalue weighted by Crippen LogP contribution is 2.42. The number of carbonyl (C=O) groups excluding carboxylic acids is 2. The maximum atomic E-state index is 13.0. The lowest BCUT2D eigenvalue weighted by atomic mass is 10.1. The highest BCUT2D eigenvalue weighted by atomic mass is 16.2. The van der Waals surface area contributed by atoms with Gasteiger partial charge in [-0.2, -0.15) is 0 Å². The summed E-state index contributed by atoms with van der Waals surface area (Å²) in [6.45, 7) is 0.521. The predicted octanol–water partition coefficient (Wildman–Crippen LogP) is 3.56. The minimum Gasteiger partial charge on any atom is -0.285 e. The van der Waals surface area contributed by atoms with E-state index in [1.165, 1.54) is 16.0 Å². The predicted molar refractivity (Wildman–Crippen MR) is 103 cm³/mol. The van der Waals surface area contributed by atoms with Gasteiger partial charge in [-0.3, -0.25) is 14.6 Å². The third-order valence-corrected chi connectivity index (χ3v) is 5.95. The highest BCUT2D eigenvalue weighted by molar-refractivity contribution is 6.12. The van der Waals surface area contributed by atoms with Gasteiger partial charge in [0.25, 0.3) is 5.91 Å². The molecule has 5 heteroatoms. The first-order chi connectivity index (χ1) is 13.2. The van der Waals surface area contributed by atoms with Crippen molar-refractivity contribution >= 4 is 17.6 Å². The van der Waals surface area contributed by atoms with Gasteiger partial charge in [-0.1, -0.05) is 42.5 Å². The lowest BCUT2D eigenvalue weighted by Crippen LogP contribution is -2.44. The molecule has 1 unspecified atom stereocenters. The van der Waals surface area contributed by atoms with Crippen LogP contribution in [-0.4, -0.2) is 41.0 Å². The molecule has 138 valence electrons. The Morgan fingerprint density at radius 2 is 1.67 bits per heavy atom. The summed E-state index contributed by atoms with van der Waals surface area (Å²) in [6.07, 6.45) is 4.44. The fraction of sp³-hybridized carbons (Fsp3) is 0.364. The van der Waals surface area contributed by atoms with Crippen LogP contribution in [0.2, 0.25) is 0 Å². The van der Waals surface area contributed by atoms with Gasteiger partial charge >= 0.3 is 6.03 Å². The molecule has 0 bridgehead atoms. The molecule has 2 aliphatic carbocycles. The second-order valence-electron chi connectivity index (χ2n) is 7.67. The molecule has 1 aliphatic heterocycles. The van der Waals surface area contributed by atoms with Crippen molar-refractivity contribution in [2.24, 2.45) is 0 Å². The molecule has 27 heavy (non-hydrogen) atoms. The number of rotatable bonds is 5. The van der Waals surface area contributed by atoms with Gasteiger partial charge in [-0.05, 0) is 48.9 Å². The molecule has 0 aromatic heterocycles. The quantitative estimate of drug-likeness (QED) is 0.765. The normalized spacial score (nSPS) is 22.0. The number of benzene rings is 2. The van der Waals surface area contributed by atoms with E-state index in [9.17, 15) is 9.59 Å². The van der Waals surface area contributed by atoms with Crippen molar-refractivity contribution < 1.29 is 9.59 Å². The zero-order valence-electron chi connectivity index (χ0n) is 15.3. The fourth-order valence-corrected chi connectivity index (χ4v) is 4.41. The molecule has 5 nitrogen and oxygen atoms in total. The van der Waals surface area contributed by atoms with Crippen LogP contribution >= 0.6 is 0 Å². The first-order valence-corrected chi connectivity index (χ1v) is 9.73. The number of nitrogens with zero attached hydrogens (tertiary/aromatic N) is 3. The van der Waals surface area contributed by atoms with Gasteiger partial charge in [0.2, 0.25) is 0 Å². The van der Waals surface area contributed by atoms with E-state index >= 15 is 0 Å². The molecule has 3 amide bonds. The summed E-state index contributed by atoms with van der Waals surface area (Å²) in [6, 6.07) is 18.6. The number of hydrogen-bond donors (Lipinski definition) is 0. The number of anilines is 1. The number of fused-ring (bicyclic) bond motifs is 1. The first-order valence-electron chi connectivity index (χ1n) is 9.73. The molecule has 1 saturated heterocycles. The minimum absolute atomic E-state index is 0.110. The van der Waals surface area contributed by atoms with Crippen molar-refractivity contribution in [3.8, 4) is 0 Å². The van der Waals surface area contributed by atoms with Gasteiger partial charge < -0.3 is 0 Å². The van der Waals surface area contributed by atoms with E-state index in [0.29, 0.717) is 18.8 Å². The van der Waals surface area contributed by atoms with Gasteiger partial charge in [-0.25, -0.2) is 9.69 Å². The maximum Gasteiger partial charge on any atom is 0.332 e. The van der Waals surface area contributed by atoms with Gasteiger partial charge in [-0.15, -0.1) is 0 Å². The lowest BCUT2D eigenvalue weighted by molar-refractivity contribution is -0.126. The van der Waals surface area contributed by atoms with Crippen LogP contribution in [0.25, 0.3) is 0 Å². The summed E-state index contributed by atoms with van der Waals surface area (Å²) in [5.41, 5.74) is 3.55. The Balaban J connectivity index is 1.38. The number of para-hydroxylation sites is 1. The second kappa shape index (κ2) is 6.50. The first kappa shape index (κ1) is 16.5. The van der Waals surface area contributed by atoms with Crippen LogP contribution in [0, 0.1) is 0 Å². The van der Waals surface area contributed by atoms with Crippen LogP contribution in [0.1, 0.15) is 36.4 Å². The van der Waals surface area contributed by atoms with Crippen molar-refractivity contribution in [1.29, 1.82) is 0 Å². The molecule has 0 radical (unpaired) electrons. The topological polar surface area (TPSA) is 43.9 Å². The van der Waals surface area contributed by atoms with Crippen LogP contribution in [0.4, 0.5) is 10.5 Å². The molecule has 2 aromatic rings. The Bertz CT molecular complexity index is 878. The van der Waals surface area contributed by atoms with E-state index in [-0.39, 0.29) is 18.5 Å². The van der Waals surface area contributed by atoms with Crippen LogP contribution in [0.3, 0.4) is 0 Å². The Kier molecular flexibility index (Phi) is 3.97. The summed E-state index contributed by atoms with van der Waals surface area (Å²) in [5, 5.41) is 0. The van der Waals surface area contributed by atoms with Crippen LogP contribution < -0.4 is 4.90 Å². The number of hydrogen-bond acceptors (Lipinski definition) is 3. The second-order valence-corrected chi connectivity index (χ2v) is 7.67. The fourth-order valence-electron chi connectivity index (χ4n) is 4.41. The molecular formula is C22H23N3O2. The molecule has 2 aromatic carbocycles. The van der Waals surface area contributed by atoms with Crippen molar-refractivity contribution in [3.63, 3.8) is 0 Å². The molecule has 1 atom stereocenters. The monoisotopic (exact) mass is 361 g/mol. The number of aryl methyl sites for hydroxylation is 1. The van der Waals surface area contributed by atoms with E-state index in [0.717, 1.165) is 31.4 Å². The van der Waals surface area contributed by atoms with Gasteiger partial charge in [0.15, 0.2) is 0 Å². The maximum absolute atomic E-state index is 13.0. The smallest absolute Gasteiger partial charge is 0.285 e. The summed E-state index contributed by atoms with van der Waals surface area (Å²) >= 11 is 0. The van der Waals surface area contributed by atoms with Gasteiger partial charge in [0, 0.05) is 17.8 Å². The number of amides is 3. The van der Waals surface area contributed by atoms with E-state index in [2.05, 4.69) is 29.2 Å². The summed E-state index contributed by atoms with van der Waals surface area (Å²) in [5.74, 6) is -0.110. The SMILES string of the molecule is O=C1CN(c2ccccc2)C(=O)N1CN(C1CC1)C1CCc2ccccc21. The third-order valence-electron chi connectivity index (χ3n) is 5.95. The molecular weight excluding hydrogens is 338 g/mol. The zero-order valence-corrected chi connectivity index (χ0v) is 15.3. The lowest BCUT2D eigenvalue weighted by Gasteiger charge is -2.32. The average molecular weight is 361 g/mol. The Morgan fingerprint density at radius 3 is 2.44 bits per heavy atom. The van der Waals surface area contributed by atoms with Gasteiger partial charge in [0.1, 0.15) is 6.54 Å². The Hall–Kier alpha value is -2.66. The minimum atomic E-state index is -0.205. The van der Waals surface area contributed by atoms with Crippen molar-refractivity contribution in [1.82, 2.24) is 9.80 Å². The number of imide groups is 1. The van der Waals surface area contributed by atoms with Crippen molar-refractivity contribution in [2.75, 3.05) is 18.1 Å². The molecule has 3 aliphatic rings. The number of urea groups is 1. The Labute approximate surface area is 159 Å². The van der Waals surface area contributed by atoms with Crippen LogP contribution in [-0.2, 0) is 11.2 Å². The molecule has 1 saturated carbocycles. The van der Waals surface area contributed by atoms with E-state index < -0.39 is 0 Å². The van der Waals surface area contributed by atoms with Crippen LogP contribution in [0.15, 0.2) is 54.6 Å².